The van der Waals surface area contributed by atoms with E-state index in [1.54, 1.807) is 0 Å². The lowest BCUT2D eigenvalue weighted by atomic mass is 9.98. The van der Waals surface area contributed by atoms with Crippen LogP contribution in [0.25, 0.3) is 10.8 Å². The highest BCUT2D eigenvalue weighted by molar-refractivity contribution is 5.91. The number of fused-ring (bicyclic) bond motifs is 1. The lowest BCUT2D eigenvalue weighted by molar-refractivity contribution is -0.146. The van der Waals surface area contributed by atoms with Gasteiger partial charge in [0.25, 0.3) is 0 Å². The molecule has 0 saturated heterocycles. The normalized spacial score (nSPS) is 13.9. The Kier molecular flexibility index (Phi) is 5.34. The van der Waals surface area contributed by atoms with E-state index in [9.17, 15) is 4.79 Å². The van der Waals surface area contributed by atoms with Crippen molar-refractivity contribution < 1.29 is 9.53 Å². The molecule has 0 radical (unpaired) electrons. The van der Waals surface area contributed by atoms with Crippen molar-refractivity contribution in [2.75, 3.05) is 6.61 Å². The van der Waals surface area contributed by atoms with E-state index in [0.717, 1.165) is 22.8 Å². The largest absolute Gasteiger partial charge is 0.465 e. The Bertz CT molecular complexity index is 604. The van der Waals surface area contributed by atoms with E-state index in [4.69, 9.17) is 4.74 Å². The van der Waals surface area contributed by atoms with Crippen molar-refractivity contribution in [3.8, 4) is 0 Å². The summed E-state index contributed by atoms with van der Waals surface area (Å²) in [5.41, 5.74) is 0.979. The van der Waals surface area contributed by atoms with Crippen LogP contribution in [0.15, 0.2) is 42.5 Å². The number of rotatable bonds is 6. The van der Waals surface area contributed by atoms with Gasteiger partial charge in [-0.3, -0.25) is 5.32 Å². The van der Waals surface area contributed by atoms with Gasteiger partial charge < -0.3 is 4.74 Å². The first-order chi connectivity index (χ1) is 10.2. The Morgan fingerprint density at radius 1 is 1.14 bits per heavy atom. The van der Waals surface area contributed by atoms with E-state index in [-0.39, 0.29) is 12.0 Å². The van der Waals surface area contributed by atoms with Crippen molar-refractivity contribution in [1.82, 2.24) is 5.32 Å². The quantitative estimate of drug-likeness (QED) is 0.820. The molecule has 2 unspecified atom stereocenters. The highest BCUT2D eigenvalue weighted by Gasteiger charge is 2.24. The summed E-state index contributed by atoms with van der Waals surface area (Å²) >= 11 is 0. The molecule has 0 fully saturated rings. The zero-order chi connectivity index (χ0) is 15.2. The van der Waals surface area contributed by atoms with E-state index in [1.807, 2.05) is 31.2 Å². The van der Waals surface area contributed by atoms with Crippen molar-refractivity contribution in [3.05, 3.63) is 48.0 Å². The second-order valence-electron chi connectivity index (χ2n) is 5.23. The van der Waals surface area contributed by atoms with Crippen LogP contribution in [0.1, 0.15) is 38.8 Å². The van der Waals surface area contributed by atoms with Crippen molar-refractivity contribution in [2.45, 2.75) is 39.3 Å². The first-order valence-corrected chi connectivity index (χ1v) is 7.57. The first-order valence-electron chi connectivity index (χ1n) is 7.57. The van der Waals surface area contributed by atoms with E-state index in [1.165, 1.54) is 0 Å². The molecule has 2 rings (SSSR count). The van der Waals surface area contributed by atoms with Crippen LogP contribution < -0.4 is 5.32 Å². The molecule has 0 aliphatic carbocycles. The number of hydrogen-bond donors (Lipinski definition) is 1. The molecule has 0 bridgehead atoms. The zero-order valence-corrected chi connectivity index (χ0v) is 12.9. The van der Waals surface area contributed by atoms with Crippen molar-refractivity contribution in [1.29, 1.82) is 0 Å². The van der Waals surface area contributed by atoms with Crippen LogP contribution in [0.5, 0.6) is 0 Å². The molecule has 0 spiro atoms. The van der Waals surface area contributed by atoms with E-state index in [2.05, 4.69) is 37.4 Å². The molecule has 0 aromatic heterocycles. The van der Waals surface area contributed by atoms with Gasteiger partial charge in [0.1, 0.15) is 6.04 Å². The monoisotopic (exact) mass is 285 g/mol. The highest BCUT2D eigenvalue weighted by Crippen LogP contribution is 2.25. The minimum absolute atomic E-state index is 0.214. The molecular formula is C18H23NO2. The molecule has 3 heteroatoms. The minimum atomic E-state index is -0.425. The number of nitrogens with one attached hydrogen (secondary N) is 1. The van der Waals surface area contributed by atoms with Crippen molar-refractivity contribution in [3.63, 3.8) is 0 Å². The van der Waals surface area contributed by atoms with Gasteiger partial charge >= 0.3 is 5.97 Å². The van der Waals surface area contributed by atoms with Crippen LogP contribution >= 0.6 is 0 Å². The number of esters is 1. The Balaban J connectivity index is 2.44. The number of carbonyl (C=O) groups excluding carboxylic acids is 1. The summed E-state index contributed by atoms with van der Waals surface area (Å²) in [7, 11) is 0. The summed E-state index contributed by atoms with van der Waals surface area (Å²) in [4.78, 5) is 12.4. The molecule has 2 aromatic rings. The molecule has 0 amide bonds. The van der Waals surface area contributed by atoms with Gasteiger partial charge in [0.05, 0.1) is 6.61 Å². The minimum Gasteiger partial charge on any atom is -0.465 e. The van der Waals surface area contributed by atoms with E-state index >= 15 is 0 Å². The molecule has 21 heavy (non-hydrogen) atoms. The maximum atomic E-state index is 12.4. The summed E-state index contributed by atoms with van der Waals surface area (Å²) < 4.78 is 5.25. The zero-order valence-electron chi connectivity index (χ0n) is 12.9. The van der Waals surface area contributed by atoms with Gasteiger partial charge in [-0.2, -0.15) is 0 Å². The van der Waals surface area contributed by atoms with Crippen molar-refractivity contribution >= 4 is 16.7 Å². The fourth-order valence-electron chi connectivity index (χ4n) is 2.41. The molecule has 0 aliphatic rings. The standard InChI is InChI=1S/C18H23NO2/c1-4-13(3)19-17(18(20)21-5-2)16-12-8-10-14-9-6-7-11-15(14)16/h6-13,17,19H,4-5H2,1-3H3. The lowest BCUT2D eigenvalue weighted by Crippen LogP contribution is -2.36. The van der Waals surface area contributed by atoms with E-state index < -0.39 is 6.04 Å². The van der Waals surface area contributed by atoms with Gasteiger partial charge in [-0.1, -0.05) is 49.4 Å². The number of ether oxygens (including phenoxy) is 1. The Labute approximate surface area is 126 Å². The summed E-state index contributed by atoms with van der Waals surface area (Å²) in [6.07, 6.45) is 0.959. The van der Waals surface area contributed by atoms with Gasteiger partial charge in [-0.25, -0.2) is 4.79 Å². The first kappa shape index (κ1) is 15.5. The molecular weight excluding hydrogens is 262 g/mol. The smallest absolute Gasteiger partial charge is 0.327 e. The van der Waals surface area contributed by atoms with Crippen molar-refractivity contribution in [2.24, 2.45) is 0 Å². The average Bonchev–Trinajstić information content (AvgIpc) is 2.52. The summed E-state index contributed by atoms with van der Waals surface area (Å²) in [5.74, 6) is -0.214. The SMILES string of the molecule is CCOC(=O)C(NC(C)CC)c1cccc2ccccc12. The number of carbonyl (C=O) groups is 1. The van der Waals surface area contributed by atoms with Crippen LogP contribution in [-0.2, 0) is 9.53 Å². The second kappa shape index (κ2) is 7.23. The molecule has 0 saturated carbocycles. The van der Waals surface area contributed by atoms with Gasteiger partial charge in [0.2, 0.25) is 0 Å². The predicted octanol–water partition coefficient (Wildman–Crippen LogP) is 3.83. The molecule has 0 heterocycles. The fraction of sp³-hybridized carbons (Fsp3) is 0.389. The Hall–Kier alpha value is -1.87. The number of hydrogen-bond acceptors (Lipinski definition) is 3. The van der Waals surface area contributed by atoms with Gasteiger partial charge in [-0.05, 0) is 36.6 Å². The summed E-state index contributed by atoms with van der Waals surface area (Å²) in [5, 5.41) is 5.61. The molecule has 112 valence electrons. The molecule has 0 aliphatic heterocycles. The molecule has 2 atom stereocenters. The van der Waals surface area contributed by atoms with Crippen LogP contribution in [-0.4, -0.2) is 18.6 Å². The van der Waals surface area contributed by atoms with Crippen LogP contribution in [0.4, 0.5) is 0 Å². The maximum Gasteiger partial charge on any atom is 0.327 e. The lowest BCUT2D eigenvalue weighted by Gasteiger charge is -2.22. The van der Waals surface area contributed by atoms with Crippen LogP contribution in [0, 0.1) is 0 Å². The summed E-state index contributed by atoms with van der Waals surface area (Å²) in [6, 6.07) is 14.0. The fourth-order valence-corrected chi connectivity index (χ4v) is 2.41. The van der Waals surface area contributed by atoms with Crippen LogP contribution in [0.3, 0.4) is 0 Å². The average molecular weight is 285 g/mol. The third-order valence-corrected chi connectivity index (χ3v) is 3.72. The predicted molar refractivity (Wildman–Crippen MR) is 86.2 cm³/mol. The Morgan fingerprint density at radius 2 is 1.86 bits per heavy atom. The van der Waals surface area contributed by atoms with Crippen LogP contribution in [0.2, 0.25) is 0 Å². The van der Waals surface area contributed by atoms with Gasteiger partial charge in [0.15, 0.2) is 0 Å². The second-order valence-corrected chi connectivity index (χ2v) is 5.23. The third-order valence-electron chi connectivity index (χ3n) is 3.72. The molecule has 2 aromatic carbocycles. The molecule has 1 N–H and O–H groups in total. The van der Waals surface area contributed by atoms with Gasteiger partial charge in [-0.15, -0.1) is 0 Å². The summed E-state index contributed by atoms with van der Waals surface area (Å²) in [6.45, 7) is 6.41. The maximum absolute atomic E-state index is 12.4. The topological polar surface area (TPSA) is 38.3 Å². The van der Waals surface area contributed by atoms with Gasteiger partial charge in [0, 0.05) is 6.04 Å². The Morgan fingerprint density at radius 3 is 2.57 bits per heavy atom. The third kappa shape index (κ3) is 3.61. The highest BCUT2D eigenvalue weighted by atomic mass is 16.5. The van der Waals surface area contributed by atoms with E-state index in [0.29, 0.717) is 6.61 Å². The number of benzene rings is 2. The molecule has 3 nitrogen and oxygen atoms in total.